The lowest BCUT2D eigenvalue weighted by Gasteiger charge is -2.10. The van der Waals surface area contributed by atoms with Gasteiger partial charge in [0.25, 0.3) is 0 Å². The summed E-state index contributed by atoms with van der Waals surface area (Å²) in [5.41, 5.74) is 2.63. The summed E-state index contributed by atoms with van der Waals surface area (Å²) in [7, 11) is 0. The molecule has 0 N–H and O–H groups in total. The number of rotatable bonds is 4. The molecule has 2 heterocycles. The maximum absolute atomic E-state index is 12.2. The van der Waals surface area contributed by atoms with Crippen LogP contribution in [0.25, 0.3) is 10.9 Å². The molecule has 4 heteroatoms. The zero-order valence-electron chi connectivity index (χ0n) is 11.8. The van der Waals surface area contributed by atoms with E-state index in [2.05, 4.69) is 4.98 Å². The minimum absolute atomic E-state index is 0.294. The molecule has 0 aliphatic carbocycles. The first-order valence-corrected chi connectivity index (χ1v) is 6.94. The van der Waals surface area contributed by atoms with Crippen LogP contribution >= 0.6 is 0 Å². The normalized spacial score (nSPS) is 10.7. The summed E-state index contributed by atoms with van der Waals surface area (Å²) in [6.45, 7) is 2.77. The van der Waals surface area contributed by atoms with Gasteiger partial charge in [0.2, 0.25) is 0 Å². The minimum Gasteiger partial charge on any atom is -0.461 e. The third-order valence-electron chi connectivity index (χ3n) is 3.36. The number of pyridine rings is 1. The van der Waals surface area contributed by atoms with Crippen molar-refractivity contribution in [1.29, 1.82) is 0 Å². The summed E-state index contributed by atoms with van der Waals surface area (Å²) >= 11 is 0. The lowest BCUT2D eigenvalue weighted by Crippen LogP contribution is -2.12. The first-order chi connectivity index (χ1) is 10.3. The van der Waals surface area contributed by atoms with Crippen molar-refractivity contribution < 1.29 is 9.53 Å². The van der Waals surface area contributed by atoms with Gasteiger partial charge in [-0.3, -0.25) is 4.98 Å². The number of esters is 1. The number of ether oxygens (including phenoxy) is 1. The molecule has 106 valence electrons. The predicted octanol–water partition coefficient (Wildman–Crippen LogP) is 3.26. The summed E-state index contributed by atoms with van der Waals surface area (Å²) in [4.78, 5) is 16.3. The zero-order chi connectivity index (χ0) is 14.7. The summed E-state index contributed by atoms with van der Waals surface area (Å²) in [6, 6.07) is 13.7. The van der Waals surface area contributed by atoms with Crippen molar-refractivity contribution in [1.82, 2.24) is 9.55 Å². The Morgan fingerprint density at radius 3 is 2.86 bits per heavy atom. The molecular formula is C17H16N2O2. The zero-order valence-corrected chi connectivity index (χ0v) is 11.8. The van der Waals surface area contributed by atoms with Crippen LogP contribution in [0.15, 0.2) is 54.9 Å². The number of aromatic nitrogens is 2. The number of hydrogen-bond donors (Lipinski definition) is 0. The monoisotopic (exact) mass is 280 g/mol. The maximum atomic E-state index is 12.2. The summed E-state index contributed by atoms with van der Waals surface area (Å²) in [5, 5.41) is 1.03. The van der Waals surface area contributed by atoms with Gasteiger partial charge in [0.05, 0.1) is 6.61 Å². The molecule has 0 spiro atoms. The standard InChI is InChI=1S/C17H16N2O2/c1-2-21-17(20)16-10-14-7-3-4-8-15(14)19(16)12-13-6-5-9-18-11-13/h3-11H,2,12H2,1H3. The molecule has 4 nitrogen and oxygen atoms in total. The lowest BCUT2D eigenvalue weighted by molar-refractivity contribution is 0.0515. The quantitative estimate of drug-likeness (QED) is 0.689. The van der Waals surface area contributed by atoms with Crippen LogP contribution in [-0.4, -0.2) is 22.1 Å². The van der Waals surface area contributed by atoms with E-state index < -0.39 is 0 Å². The Bertz CT molecular complexity index is 763. The molecule has 3 rings (SSSR count). The van der Waals surface area contributed by atoms with Crippen LogP contribution in [-0.2, 0) is 11.3 Å². The highest BCUT2D eigenvalue weighted by atomic mass is 16.5. The van der Waals surface area contributed by atoms with E-state index in [0.717, 1.165) is 16.5 Å². The molecule has 0 bridgehead atoms. The second-order valence-electron chi connectivity index (χ2n) is 4.76. The summed E-state index contributed by atoms with van der Waals surface area (Å²) in [6.07, 6.45) is 3.55. The van der Waals surface area contributed by atoms with Crippen molar-refractivity contribution in [2.45, 2.75) is 13.5 Å². The molecule has 0 radical (unpaired) electrons. The average molecular weight is 280 g/mol. The van der Waals surface area contributed by atoms with Crippen LogP contribution in [0.2, 0.25) is 0 Å². The molecular weight excluding hydrogens is 264 g/mol. The van der Waals surface area contributed by atoms with Crippen LogP contribution < -0.4 is 0 Å². The van der Waals surface area contributed by atoms with Crippen LogP contribution in [0.3, 0.4) is 0 Å². The second-order valence-corrected chi connectivity index (χ2v) is 4.76. The van der Waals surface area contributed by atoms with Gasteiger partial charge in [-0.25, -0.2) is 4.79 Å². The first-order valence-electron chi connectivity index (χ1n) is 6.94. The summed E-state index contributed by atoms with van der Waals surface area (Å²) < 4.78 is 7.14. The Morgan fingerprint density at radius 2 is 2.10 bits per heavy atom. The van der Waals surface area contributed by atoms with Crippen LogP contribution in [0.1, 0.15) is 23.0 Å². The highest BCUT2D eigenvalue weighted by Crippen LogP contribution is 2.21. The number of nitrogens with zero attached hydrogens (tertiary/aromatic N) is 2. The van der Waals surface area contributed by atoms with E-state index in [1.54, 1.807) is 6.20 Å². The van der Waals surface area contributed by atoms with Gasteiger partial charge in [-0.2, -0.15) is 0 Å². The average Bonchev–Trinajstić information content (AvgIpc) is 2.88. The fourth-order valence-electron chi connectivity index (χ4n) is 2.43. The largest absolute Gasteiger partial charge is 0.461 e. The first kappa shape index (κ1) is 13.4. The molecule has 0 saturated carbocycles. The molecule has 21 heavy (non-hydrogen) atoms. The van der Waals surface area contributed by atoms with E-state index in [4.69, 9.17) is 4.74 Å². The lowest BCUT2D eigenvalue weighted by atomic mass is 10.2. The third-order valence-corrected chi connectivity index (χ3v) is 3.36. The highest BCUT2D eigenvalue weighted by molar-refractivity contribution is 5.95. The maximum Gasteiger partial charge on any atom is 0.354 e. The van der Waals surface area contributed by atoms with Gasteiger partial charge in [0.15, 0.2) is 0 Å². The molecule has 3 aromatic rings. The van der Waals surface area contributed by atoms with E-state index in [1.165, 1.54) is 0 Å². The third kappa shape index (κ3) is 2.65. The number of benzene rings is 1. The van der Waals surface area contributed by atoms with Gasteiger partial charge in [-0.05, 0) is 30.7 Å². The van der Waals surface area contributed by atoms with Crippen molar-refractivity contribution in [3.05, 3.63) is 66.1 Å². The van der Waals surface area contributed by atoms with E-state index in [1.807, 2.05) is 60.2 Å². The highest BCUT2D eigenvalue weighted by Gasteiger charge is 2.16. The van der Waals surface area contributed by atoms with Gasteiger partial charge in [0, 0.05) is 29.8 Å². The second kappa shape index (κ2) is 5.79. The van der Waals surface area contributed by atoms with E-state index in [0.29, 0.717) is 18.8 Å². The topological polar surface area (TPSA) is 44.1 Å². The number of hydrogen-bond acceptors (Lipinski definition) is 3. The Morgan fingerprint density at radius 1 is 1.24 bits per heavy atom. The van der Waals surface area contributed by atoms with Gasteiger partial charge >= 0.3 is 5.97 Å². The van der Waals surface area contributed by atoms with Gasteiger partial charge < -0.3 is 9.30 Å². The molecule has 0 fully saturated rings. The molecule has 0 aliphatic heterocycles. The molecule has 0 atom stereocenters. The molecule has 0 unspecified atom stereocenters. The predicted molar refractivity (Wildman–Crippen MR) is 81.2 cm³/mol. The minimum atomic E-state index is -0.294. The molecule has 0 saturated heterocycles. The molecule has 2 aromatic heterocycles. The molecule has 0 aliphatic rings. The van der Waals surface area contributed by atoms with Gasteiger partial charge in [0.1, 0.15) is 5.69 Å². The van der Waals surface area contributed by atoms with E-state index in [-0.39, 0.29) is 5.97 Å². The fraction of sp³-hybridized carbons (Fsp3) is 0.176. The van der Waals surface area contributed by atoms with Gasteiger partial charge in [-0.15, -0.1) is 0 Å². The Hall–Kier alpha value is -2.62. The van der Waals surface area contributed by atoms with Crippen molar-refractivity contribution >= 4 is 16.9 Å². The Labute approximate surface area is 123 Å². The Kier molecular flexibility index (Phi) is 3.69. The number of fused-ring (bicyclic) bond motifs is 1. The Balaban J connectivity index is 2.09. The van der Waals surface area contributed by atoms with Crippen molar-refractivity contribution in [3.8, 4) is 0 Å². The van der Waals surface area contributed by atoms with Crippen LogP contribution in [0.5, 0.6) is 0 Å². The van der Waals surface area contributed by atoms with Gasteiger partial charge in [-0.1, -0.05) is 24.3 Å². The number of carbonyl (C=O) groups is 1. The SMILES string of the molecule is CCOC(=O)c1cc2ccccc2n1Cc1cccnc1. The van der Waals surface area contributed by atoms with E-state index in [9.17, 15) is 4.79 Å². The van der Waals surface area contributed by atoms with Crippen molar-refractivity contribution in [2.75, 3.05) is 6.61 Å². The van der Waals surface area contributed by atoms with Crippen LogP contribution in [0, 0.1) is 0 Å². The van der Waals surface area contributed by atoms with Crippen molar-refractivity contribution in [2.24, 2.45) is 0 Å². The smallest absolute Gasteiger partial charge is 0.354 e. The number of carbonyl (C=O) groups excluding carboxylic acids is 1. The molecule has 0 amide bonds. The van der Waals surface area contributed by atoms with Crippen molar-refractivity contribution in [3.63, 3.8) is 0 Å². The van der Waals surface area contributed by atoms with Crippen LogP contribution in [0.4, 0.5) is 0 Å². The van der Waals surface area contributed by atoms with E-state index >= 15 is 0 Å². The fourth-order valence-corrected chi connectivity index (χ4v) is 2.43. The number of para-hydroxylation sites is 1. The summed E-state index contributed by atoms with van der Waals surface area (Å²) in [5.74, 6) is -0.294. The molecule has 1 aromatic carbocycles.